The van der Waals surface area contributed by atoms with Crippen LogP contribution in [0, 0.1) is 5.92 Å². The number of nitrogens with one attached hydrogen (secondary N) is 1. The number of aromatic nitrogens is 1. The van der Waals surface area contributed by atoms with Gasteiger partial charge in [0.1, 0.15) is 17.4 Å². The Morgan fingerprint density at radius 2 is 1.95 bits per heavy atom. The number of benzene rings is 1. The van der Waals surface area contributed by atoms with Crippen molar-refractivity contribution in [3.8, 4) is 5.75 Å². The predicted octanol–water partition coefficient (Wildman–Crippen LogP) is 3.64. The molecule has 0 amide bonds. The van der Waals surface area contributed by atoms with Crippen molar-refractivity contribution >= 4 is 10.9 Å². The zero-order valence-electron chi connectivity index (χ0n) is 12.6. The van der Waals surface area contributed by atoms with Gasteiger partial charge < -0.3 is 10.1 Å². The van der Waals surface area contributed by atoms with Crippen LogP contribution >= 0.6 is 0 Å². The van der Waals surface area contributed by atoms with Gasteiger partial charge in [0, 0.05) is 18.1 Å². The molecule has 0 radical (unpaired) electrons. The van der Waals surface area contributed by atoms with E-state index in [1.54, 1.807) is 0 Å². The Balaban J connectivity index is 2.05. The molecular weight excluding hydrogens is 248 g/mol. The summed E-state index contributed by atoms with van der Waals surface area (Å²) in [5.41, 5.74) is 0.942. The number of nitrogens with zero attached hydrogens (tertiary/aromatic N) is 1. The topological polar surface area (TPSA) is 34.1 Å². The zero-order chi connectivity index (χ0) is 14.4. The van der Waals surface area contributed by atoms with Gasteiger partial charge in [-0.25, -0.2) is 0 Å². The summed E-state index contributed by atoms with van der Waals surface area (Å²) in [6, 6.07) is 10.1. The van der Waals surface area contributed by atoms with E-state index in [4.69, 9.17) is 4.74 Å². The molecule has 0 aliphatic heterocycles. The SMILES string of the molecule is CCC(CNCC(C)C)Oc1cccc2cccnc12. The van der Waals surface area contributed by atoms with E-state index >= 15 is 0 Å². The number of fused-ring (bicyclic) bond motifs is 1. The van der Waals surface area contributed by atoms with Crippen LogP contribution in [0.5, 0.6) is 5.75 Å². The summed E-state index contributed by atoms with van der Waals surface area (Å²) >= 11 is 0. The monoisotopic (exact) mass is 272 g/mol. The first kappa shape index (κ1) is 14.8. The average molecular weight is 272 g/mol. The fourth-order valence-corrected chi connectivity index (χ4v) is 2.15. The number of pyridine rings is 1. The Bertz CT molecular complexity index is 534. The standard InChI is InChI=1S/C17H24N2O/c1-4-15(12-18-11-13(2)3)20-16-9-5-7-14-8-6-10-19-17(14)16/h5-10,13,15,18H,4,11-12H2,1-3H3. The third-order valence-corrected chi connectivity index (χ3v) is 3.27. The molecule has 1 aromatic heterocycles. The fraction of sp³-hybridized carbons (Fsp3) is 0.471. The van der Waals surface area contributed by atoms with E-state index < -0.39 is 0 Å². The van der Waals surface area contributed by atoms with E-state index in [0.717, 1.165) is 36.2 Å². The maximum atomic E-state index is 6.13. The van der Waals surface area contributed by atoms with Crippen LogP contribution in [0.15, 0.2) is 36.5 Å². The largest absolute Gasteiger partial charge is 0.487 e. The summed E-state index contributed by atoms with van der Waals surface area (Å²) < 4.78 is 6.13. The Morgan fingerprint density at radius 1 is 1.15 bits per heavy atom. The van der Waals surface area contributed by atoms with Crippen molar-refractivity contribution in [1.29, 1.82) is 0 Å². The lowest BCUT2D eigenvalue weighted by molar-refractivity contribution is 0.194. The lowest BCUT2D eigenvalue weighted by atomic mass is 10.2. The Morgan fingerprint density at radius 3 is 2.70 bits per heavy atom. The van der Waals surface area contributed by atoms with Crippen LogP contribution < -0.4 is 10.1 Å². The molecule has 0 spiro atoms. The third-order valence-electron chi connectivity index (χ3n) is 3.27. The van der Waals surface area contributed by atoms with Crippen LogP contribution in [-0.4, -0.2) is 24.2 Å². The normalized spacial score (nSPS) is 12.8. The van der Waals surface area contributed by atoms with Crippen LogP contribution in [-0.2, 0) is 0 Å². The maximum Gasteiger partial charge on any atom is 0.146 e. The van der Waals surface area contributed by atoms with Gasteiger partial charge in [-0.05, 0) is 31.0 Å². The van der Waals surface area contributed by atoms with E-state index in [2.05, 4.69) is 43.2 Å². The van der Waals surface area contributed by atoms with Crippen LogP contribution in [0.1, 0.15) is 27.2 Å². The fourth-order valence-electron chi connectivity index (χ4n) is 2.15. The second-order valence-electron chi connectivity index (χ2n) is 5.53. The summed E-state index contributed by atoms with van der Waals surface area (Å²) in [6.07, 6.45) is 2.97. The second-order valence-corrected chi connectivity index (χ2v) is 5.53. The average Bonchev–Trinajstić information content (AvgIpc) is 2.46. The number of hydrogen-bond acceptors (Lipinski definition) is 3. The Kier molecular flexibility index (Phi) is 5.36. The molecule has 0 saturated carbocycles. The van der Waals surface area contributed by atoms with Crippen molar-refractivity contribution < 1.29 is 4.74 Å². The van der Waals surface area contributed by atoms with Crippen LogP contribution in [0.3, 0.4) is 0 Å². The summed E-state index contributed by atoms with van der Waals surface area (Å²) in [4.78, 5) is 4.43. The smallest absolute Gasteiger partial charge is 0.146 e. The number of hydrogen-bond donors (Lipinski definition) is 1. The van der Waals surface area contributed by atoms with E-state index in [0.29, 0.717) is 5.92 Å². The van der Waals surface area contributed by atoms with Gasteiger partial charge in [0.25, 0.3) is 0 Å². The van der Waals surface area contributed by atoms with E-state index in [-0.39, 0.29) is 6.10 Å². The molecule has 0 aliphatic carbocycles. The minimum absolute atomic E-state index is 0.182. The minimum Gasteiger partial charge on any atom is -0.487 e. The van der Waals surface area contributed by atoms with Crippen molar-refractivity contribution in [3.63, 3.8) is 0 Å². The van der Waals surface area contributed by atoms with Gasteiger partial charge in [-0.1, -0.05) is 39.0 Å². The minimum atomic E-state index is 0.182. The molecular formula is C17H24N2O. The number of ether oxygens (including phenoxy) is 1. The molecule has 20 heavy (non-hydrogen) atoms. The molecule has 0 bridgehead atoms. The lowest BCUT2D eigenvalue weighted by Gasteiger charge is -2.19. The van der Waals surface area contributed by atoms with E-state index in [1.165, 1.54) is 0 Å². The molecule has 3 heteroatoms. The molecule has 0 aliphatic rings. The molecule has 1 atom stereocenters. The van der Waals surface area contributed by atoms with Gasteiger partial charge in [-0.3, -0.25) is 4.98 Å². The van der Waals surface area contributed by atoms with Gasteiger partial charge in [-0.2, -0.15) is 0 Å². The highest BCUT2D eigenvalue weighted by atomic mass is 16.5. The van der Waals surface area contributed by atoms with E-state index in [1.807, 2.05) is 24.4 Å². The van der Waals surface area contributed by atoms with Crippen LogP contribution in [0.4, 0.5) is 0 Å². The molecule has 1 unspecified atom stereocenters. The molecule has 2 rings (SSSR count). The summed E-state index contributed by atoms with van der Waals surface area (Å²) in [5, 5.41) is 4.58. The molecule has 2 aromatic rings. The summed E-state index contributed by atoms with van der Waals surface area (Å²) in [6.45, 7) is 8.47. The van der Waals surface area contributed by atoms with Gasteiger partial charge in [-0.15, -0.1) is 0 Å². The third kappa shape index (κ3) is 3.94. The first-order chi connectivity index (χ1) is 9.70. The van der Waals surface area contributed by atoms with Crippen molar-refractivity contribution in [2.45, 2.75) is 33.3 Å². The molecule has 0 fully saturated rings. The highest BCUT2D eigenvalue weighted by molar-refractivity contribution is 5.84. The molecule has 1 heterocycles. The Labute approximate surface area is 121 Å². The maximum absolute atomic E-state index is 6.13. The van der Waals surface area contributed by atoms with Crippen LogP contribution in [0.25, 0.3) is 10.9 Å². The number of rotatable bonds is 7. The predicted molar refractivity (Wildman–Crippen MR) is 84.2 cm³/mol. The van der Waals surface area contributed by atoms with E-state index in [9.17, 15) is 0 Å². The van der Waals surface area contributed by atoms with Gasteiger partial charge >= 0.3 is 0 Å². The van der Waals surface area contributed by atoms with Gasteiger partial charge in [0.15, 0.2) is 0 Å². The van der Waals surface area contributed by atoms with Crippen molar-refractivity contribution in [3.05, 3.63) is 36.5 Å². The number of para-hydroxylation sites is 1. The first-order valence-corrected chi connectivity index (χ1v) is 7.41. The van der Waals surface area contributed by atoms with Crippen molar-refractivity contribution in [2.24, 2.45) is 5.92 Å². The Hall–Kier alpha value is -1.61. The molecule has 108 valence electrons. The second kappa shape index (κ2) is 7.25. The lowest BCUT2D eigenvalue weighted by Crippen LogP contribution is -2.33. The quantitative estimate of drug-likeness (QED) is 0.835. The van der Waals surface area contributed by atoms with Crippen molar-refractivity contribution in [1.82, 2.24) is 10.3 Å². The molecule has 3 nitrogen and oxygen atoms in total. The van der Waals surface area contributed by atoms with Gasteiger partial charge in [0.05, 0.1) is 0 Å². The molecule has 1 N–H and O–H groups in total. The molecule has 1 aromatic carbocycles. The summed E-state index contributed by atoms with van der Waals surface area (Å²) in [5.74, 6) is 1.54. The van der Waals surface area contributed by atoms with Crippen molar-refractivity contribution in [2.75, 3.05) is 13.1 Å². The van der Waals surface area contributed by atoms with Crippen LogP contribution in [0.2, 0.25) is 0 Å². The van der Waals surface area contributed by atoms with Gasteiger partial charge in [0.2, 0.25) is 0 Å². The summed E-state index contributed by atoms with van der Waals surface area (Å²) in [7, 11) is 0. The highest BCUT2D eigenvalue weighted by Gasteiger charge is 2.10. The first-order valence-electron chi connectivity index (χ1n) is 7.41. The zero-order valence-corrected chi connectivity index (χ0v) is 12.6. The molecule has 0 saturated heterocycles. The highest BCUT2D eigenvalue weighted by Crippen LogP contribution is 2.24.